The van der Waals surface area contributed by atoms with Crippen LogP contribution in [-0.4, -0.2) is 45.1 Å². The summed E-state index contributed by atoms with van der Waals surface area (Å²) in [6.07, 6.45) is 6.01. The van der Waals surface area contributed by atoms with Crippen molar-refractivity contribution in [3.05, 3.63) is 41.7 Å². The average Bonchev–Trinajstić information content (AvgIpc) is 2.97. The fraction of sp³-hybridized carbons (Fsp3) is 0.429. The molecule has 1 aliphatic rings. The number of nitrogens with one attached hydrogen (secondary N) is 1. The Morgan fingerprint density at radius 1 is 1.39 bits per heavy atom. The van der Waals surface area contributed by atoms with Gasteiger partial charge in [0.05, 0.1) is 0 Å². The Balaban J connectivity index is 0.00000111. The van der Waals surface area contributed by atoms with Crippen LogP contribution >= 0.6 is 0 Å². The van der Waals surface area contributed by atoms with E-state index in [1.807, 2.05) is 17.0 Å². The Morgan fingerprint density at radius 2 is 1.94 bits per heavy atom. The molecule has 12 heteroatoms. The predicted molar refractivity (Wildman–Crippen MR) is 117 cm³/mol. The number of halogens is 3. The third-order valence-corrected chi connectivity index (χ3v) is 4.24. The molecule has 5 nitrogen and oxygen atoms in total. The van der Waals surface area contributed by atoms with Crippen molar-refractivity contribution in [2.75, 3.05) is 13.1 Å². The Kier molecular flexibility index (Phi) is 16.0. The number of alkyl halides is 2. The summed E-state index contributed by atoms with van der Waals surface area (Å²) in [4.78, 5) is 29.6. The van der Waals surface area contributed by atoms with Crippen LogP contribution in [0.2, 0.25) is 0 Å². The van der Waals surface area contributed by atoms with Crippen molar-refractivity contribution >= 4 is 34.0 Å². The van der Waals surface area contributed by atoms with Gasteiger partial charge in [-0.05, 0) is 5.92 Å². The van der Waals surface area contributed by atoms with Gasteiger partial charge in [0.15, 0.2) is 0 Å². The fourth-order valence-electron chi connectivity index (χ4n) is 2.48. The molecule has 1 aliphatic heterocycles. The molecule has 1 aromatic rings. The van der Waals surface area contributed by atoms with Crippen LogP contribution in [0.1, 0.15) is 55.7 Å². The van der Waals surface area contributed by atoms with E-state index in [0.29, 0.717) is 16.8 Å². The number of allylic oxidation sites excluding steroid dienone is 1. The third-order valence-electron chi connectivity index (χ3n) is 3.61. The summed E-state index contributed by atoms with van der Waals surface area (Å²) in [6, 6.07) is 1.53. The molecule has 0 aliphatic carbocycles. The number of carbonyl (C=O) groups excluding carboxylic acids is 2. The van der Waals surface area contributed by atoms with E-state index in [9.17, 15) is 22.3 Å². The Morgan fingerprint density at radius 3 is 2.36 bits per heavy atom. The van der Waals surface area contributed by atoms with E-state index in [-0.39, 0.29) is 10.9 Å². The Hall–Kier alpha value is -0.459. The van der Waals surface area contributed by atoms with Gasteiger partial charge in [0.1, 0.15) is 0 Å². The molecule has 0 unspecified atom stereocenters. The summed E-state index contributed by atoms with van der Waals surface area (Å²) in [5.41, 5.74) is 0.758. The van der Waals surface area contributed by atoms with Crippen LogP contribution in [0.25, 0.3) is 12.2 Å². The molecular weight excluding hydrogens is 834 g/mol. The summed E-state index contributed by atoms with van der Waals surface area (Å²) in [6.45, 7) is 10.9. The zero-order valence-corrected chi connectivity index (χ0v) is 26.9. The minimum absolute atomic E-state index is 0.240. The number of nitrogens with zero attached hydrogens (tertiary/aromatic N) is 2. The summed E-state index contributed by atoms with van der Waals surface area (Å²) in [5.74, 6) is -3.15. The summed E-state index contributed by atoms with van der Waals surface area (Å²) in [7, 11) is 0. The molecule has 2 amide bonds. The van der Waals surface area contributed by atoms with Crippen LogP contribution in [0.15, 0.2) is 24.9 Å². The van der Waals surface area contributed by atoms with Crippen molar-refractivity contribution in [3.8, 4) is 0 Å². The quantitative estimate of drug-likeness (QED) is 0.455. The SMILES string of the molecule is C=Cc1nccc(C(=O)NCC(=O)N2CC(F)(F)C[C]2=[V])c1/C=C\C.CC(C)C.F[S-](=[W])=[W]. The van der Waals surface area contributed by atoms with Gasteiger partial charge in [0.2, 0.25) is 0 Å². The van der Waals surface area contributed by atoms with Crippen LogP contribution in [-0.2, 0) is 63.4 Å². The van der Waals surface area contributed by atoms with Crippen LogP contribution in [0.3, 0.4) is 0 Å². The van der Waals surface area contributed by atoms with Crippen LogP contribution in [0.4, 0.5) is 12.7 Å². The predicted octanol–water partition coefficient (Wildman–Crippen LogP) is 4.11. The van der Waals surface area contributed by atoms with E-state index in [0.717, 1.165) is 46.8 Å². The first-order chi connectivity index (χ1) is 15.3. The molecule has 1 saturated heterocycles. The van der Waals surface area contributed by atoms with Crippen molar-refractivity contribution in [2.45, 2.75) is 40.0 Å². The number of hydrogen-bond donors (Lipinski definition) is 1. The van der Waals surface area contributed by atoms with Gasteiger partial charge in [-0.25, -0.2) is 0 Å². The first kappa shape index (κ1) is 32.5. The van der Waals surface area contributed by atoms with E-state index >= 15 is 0 Å². The van der Waals surface area contributed by atoms with E-state index in [2.05, 4.69) is 37.7 Å². The number of carbonyl (C=O) groups is 2. The molecule has 1 fully saturated rings. The molecule has 33 heavy (non-hydrogen) atoms. The normalized spacial score (nSPS) is 14.4. The second kappa shape index (κ2) is 16.3. The van der Waals surface area contributed by atoms with Crippen LogP contribution < -0.4 is 5.32 Å². The van der Waals surface area contributed by atoms with E-state index in [1.165, 1.54) is 18.3 Å². The van der Waals surface area contributed by atoms with Gasteiger partial charge in [-0.3, -0.25) is 0 Å². The summed E-state index contributed by atoms with van der Waals surface area (Å²) in [5, 5.41) is 2.48. The number of rotatable bonds is 5. The minimum atomic E-state index is -2.93. The molecule has 2 rings (SSSR count). The zero-order valence-electron chi connectivity index (χ0n) is 18.8. The number of pyridine rings is 1. The van der Waals surface area contributed by atoms with Crippen molar-refractivity contribution in [1.29, 1.82) is 0 Å². The number of amides is 2. The molecule has 2 heterocycles. The standard InChI is InChI=1S/C17H17F2N3O2.C4H10.FS.V.2W/c1-3-5-12-13(6-8-20-14(12)4-2)16(24)21-10-15(23)22-9-7-17(18,19)11-22;1-4(2)3;1-2;;;/h3-6,8H,2,7,10-11H2,1H3,(H,21,24);4H,1-3H3;;;;/q;;-1;;;/b5-3-;;;;;. The first-order valence-corrected chi connectivity index (χ1v) is 18.6. The molecule has 0 aromatic carbocycles. The number of aromatic nitrogens is 1. The molecule has 0 atom stereocenters. The molecule has 183 valence electrons. The molecule has 0 saturated carbocycles. The van der Waals surface area contributed by atoms with E-state index < -0.39 is 36.4 Å². The zero-order chi connectivity index (χ0) is 25.8. The molecule has 1 N–H and O–H groups in total. The van der Waals surface area contributed by atoms with Gasteiger partial charge in [-0.2, -0.15) is 0 Å². The topological polar surface area (TPSA) is 62.3 Å². The van der Waals surface area contributed by atoms with E-state index in [1.54, 1.807) is 19.1 Å². The van der Waals surface area contributed by atoms with Crippen molar-refractivity contribution in [2.24, 2.45) is 5.92 Å². The fourth-order valence-corrected chi connectivity index (χ4v) is 3.12. The van der Waals surface area contributed by atoms with Crippen LogP contribution in [0.5, 0.6) is 0 Å². The van der Waals surface area contributed by atoms with Gasteiger partial charge >= 0.3 is 199 Å². The van der Waals surface area contributed by atoms with Gasteiger partial charge < -0.3 is 0 Å². The monoisotopic (exact) mass is 861 g/mol. The number of hydrogen-bond acceptors (Lipinski definition) is 4. The van der Waals surface area contributed by atoms with Gasteiger partial charge in [0.25, 0.3) is 0 Å². The molecule has 1 aromatic heterocycles. The van der Waals surface area contributed by atoms with Crippen molar-refractivity contribution < 1.29 is 75.2 Å². The van der Waals surface area contributed by atoms with Crippen LogP contribution in [0, 0.1) is 5.92 Å². The Labute approximate surface area is 223 Å². The molecule has 0 bridgehead atoms. The first-order valence-electron chi connectivity index (χ1n) is 9.76. The van der Waals surface area contributed by atoms with Crippen molar-refractivity contribution in [1.82, 2.24) is 15.2 Å². The van der Waals surface area contributed by atoms with Gasteiger partial charge in [0, 0.05) is 0 Å². The maximum atomic E-state index is 13.4. The summed E-state index contributed by atoms with van der Waals surface area (Å²) < 4.78 is 38.1. The number of likely N-dealkylation sites (tertiary alicyclic amines) is 1. The Bertz CT molecular complexity index is 959. The second-order valence-electron chi connectivity index (χ2n) is 7.40. The third kappa shape index (κ3) is 13.3. The van der Waals surface area contributed by atoms with Gasteiger partial charge in [-0.1, -0.05) is 20.8 Å². The van der Waals surface area contributed by atoms with Crippen molar-refractivity contribution in [3.63, 3.8) is 0 Å². The maximum absolute atomic E-state index is 13.4. The van der Waals surface area contributed by atoms with Gasteiger partial charge in [-0.15, -0.1) is 0 Å². The molecule has 0 spiro atoms. The summed E-state index contributed by atoms with van der Waals surface area (Å²) >= 11 is 4.14. The molecule has 0 radical (unpaired) electrons. The average molecular weight is 861 g/mol. The second-order valence-corrected chi connectivity index (χ2v) is 24.8. The molecular formula is C21H27F3N3O2SVW2-. The van der Waals surface area contributed by atoms with E-state index in [4.69, 9.17) is 0 Å².